The lowest BCUT2D eigenvalue weighted by molar-refractivity contribution is 0.692. The SMILES string of the molecule is CNCc1cccn1Cc1nc2ccccc2s1. The summed E-state index contributed by atoms with van der Waals surface area (Å²) >= 11 is 1.77. The van der Waals surface area contributed by atoms with Crippen molar-refractivity contribution in [2.45, 2.75) is 13.1 Å². The molecule has 0 spiro atoms. The van der Waals surface area contributed by atoms with Crippen LogP contribution in [0, 0.1) is 0 Å². The molecule has 0 aliphatic heterocycles. The topological polar surface area (TPSA) is 29.9 Å². The van der Waals surface area contributed by atoms with E-state index in [4.69, 9.17) is 0 Å². The van der Waals surface area contributed by atoms with E-state index in [0.717, 1.165) is 23.6 Å². The van der Waals surface area contributed by atoms with Gasteiger partial charge >= 0.3 is 0 Å². The minimum atomic E-state index is 0.851. The first-order valence-corrected chi connectivity index (χ1v) is 6.81. The van der Waals surface area contributed by atoms with Gasteiger partial charge in [-0.05, 0) is 31.3 Å². The smallest absolute Gasteiger partial charge is 0.114 e. The number of fused-ring (bicyclic) bond motifs is 1. The number of rotatable bonds is 4. The van der Waals surface area contributed by atoms with Crippen LogP contribution in [0.1, 0.15) is 10.7 Å². The molecule has 0 saturated heterocycles. The number of nitrogens with zero attached hydrogens (tertiary/aromatic N) is 2. The van der Waals surface area contributed by atoms with Crippen LogP contribution < -0.4 is 5.32 Å². The molecule has 0 fully saturated rings. The van der Waals surface area contributed by atoms with Gasteiger partial charge in [-0.25, -0.2) is 4.98 Å². The maximum Gasteiger partial charge on any atom is 0.114 e. The third-order valence-electron chi connectivity index (χ3n) is 2.93. The molecular weight excluding hydrogens is 242 g/mol. The van der Waals surface area contributed by atoms with Crippen molar-refractivity contribution in [1.82, 2.24) is 14.9 Å². The van der Waals surface area contributed by atoms with Crippen LogP contribution in [0.25, 0.3) is 10.2 Å². The number of para-hydroxylation sites is 1. The third-order valence-corrected chi connectivity index (χ3v) is 3.95. The Labute approximate surface area is 110 Å². The Kier molecular flexibility index (Phi) is 3.13. The molecule has 1 N–H and O–H groups in total. The van der Waals surface area contributed by atoms with Gasteiger partial charge in [0.2, 0.25) is 0 Å². The largest absolute Gasteiger partial charge is 0.343 e. The number of hydrogen-bond acceptors (Lipinski definition) is 3. The molecule has 0 amide bonds. The highest BCUT2D eigenvalue weighted by atomic mass is 32.1. The Hall–Kier alpha value is -1.65. The molecule has 0 saturated carbocycles. The lowest BCUT2D eigenvalue weighted by atomic mass is 10.3. The zero-order valence-corrected chi connectivity index (χ0v) is 11.1. The summed E-state index contributed by atoms with van der Waals surface area (Å²) < 4.78 is 3.50. The molecule has 0 aliphatic rings. The minimum Gasteiger partial charge on any atom is -0.343 e. The number of benzene rings is 1. The molecule has 3 nitrogen and oxygen atoms in total. The van der Waals surface area contributed by atoms with Gasteiger partial charge in [0.1, 0.15) is 5.01 Å². The first-order chi connectivity index (χ1) is 8.86. The van der Waals surface area contributed by atoms with E-state index in [2.05, 4.69) is 51.4 Å². The maximum atomic E-state index is 4.67. The Balaban J connectivity index is 1.89. The predicted molar refractivity (Wildman–Crippen MR) is 75.9 cm³/mol. The molecule has 18 heavy (non-hydrogen) atoms. The van der Waals surface area contributed by atoms with Crippen LogP contribution in [0.2, 0.25) is 0 Å². The van der Waals surface area contributed by atoms with Gasteiger partial charge in [-0.3, -0.25) is 0 Å². The number of thiazole rings is 1. The first-order valence-electron chi connectivity index (χ1n) is 6.00. The van der Waals surface area contributed by atoms with Gasteiger partial charge in [0.25, 0.3) is 0 Å². The lowest BCUT2D eigenvalue weighted by Gasteiger charge is -2.06. The molecule has 0 radical (unpaired) electrons. The van der Waals surface area contributed by atoms with Crippen LogP contribution in [-0.2, 0) is 13.1 Å². The Morgan fingerprint density at radius 2 is 2.11 bits per heavy atom. The van der Waals surface area contributed by atoms with Gasteiger partial charge in [0, 0.05) is 18.4 Å². The number of nitrogens with one attached hydrogen (secondary N) is 1. The summed E-state index contributed by atoms with van der Waals surface area (Å²) in [6.07, 6.45) is 2.11. The van der Waals surface area contributed by atoms with Crippen molar-refractivity contribution in [3.8, 4) is 0 Å². The molecule has 92 valence electrons. The van der Waals surface area contributed by atoms with Crippen molar-refractivity contribution in [3.63, 3.8) is 0 Å². The number of aromatic nitrogens is 2. The molecule has 1 aromatic carbocycles. The first kappa shape index (κ1) is 11.4. The van der Waals surface area contributed by atoms with Crippen LogP contribution in [0.15, 0.2) is 42.6 Å². The molecular formula is C14H15N3S. The third kappa shape index (κ3) is 2.17. The summed E-state index contributed by atoms with van der Waals surface area (Å²) in [6, 6.07) is 12.5. The monoisotopic (exact) mass is 257 g/mol. The molecule has 0 bridgehead atoms. The van der Waals surface area contributed by atoms with Crippen molar-refractivity contribution in [3.05, 3.63) is 53.3 Å². The maximum absolute atomic E-state index is 4.67. The highest BCUT2D eigenvalue weighted by molar-refractivity contribution is 7.18. The van der Waals surface area contributed by atoms with Gasteiger partial charge in [0.05, 0.1) is 16.8 Å². The van der Waals surface area contributed by atoms with E-state index in [9.17, 15) is 0 Å². The Morgan fingerprint density at radius 1 is 1.22 bits per heavy atom. The fourth-order valence-electron chi connectivity index (χ4n) is 2.08. The van der Waals surface area contributed by atoms with E-state index in [1.165, 1.54) is 10.4 Å². The van der Waals surface area contributed by atoms with Gasteiger partial charge < -0.3 is 9.88 Å². The highest BCUT2D eigenvalue weighted by Gasteiger charge is 2.05. The zero-order valence-electron chi connectivity index (χ0n) is 10.3. The Morgan fingerprint density at radius 3 is 2.94 bits per heavy atom. The second kappa shape index (κ2) is 4.92. The average Bonchev–Trinajstić information content (AvgIpc) is 2.97. The average molecular weight is 257 g/mol. The van der Waals surface area contributed by atoms with E-state index >= 15 is 0 Å². The molecule has 0 atom stereocenters. The lowest BCUT2D eigenvalue weighted by Crippen LogP contribution is -2.11. The van der Waals surface area contributed by atoms with Gasteiger partial charge in [-0.2, -0.15) is 0 Å². The summed E-state index contributed by atoms with van der Waals surface area (Å²) in [7, 11) is 1.97. The summed E-state index contributed by atoms with van der Waals surface area (Å²) in [5.41, 5.74) is 2.39. The van der Waals surface area contributed by atoms with Crippen molar-refractivity contribution in [2.24, 2.45) is 0 Å². The molecule has 2 heterocycles. The van der Waals surface area contributed by atoms with E-state index < -0.39 is 0 Å². The number of hydrogen-bond donors (Lipinski definition) is 1. The van der Waals surface area contributed by atoms with Gasteiger partial charge in [-0.1, -0.05) is 12.1 Å². The van der Waals surface area contributed by atoms with Gasteiger partial charge in [-0.15, -0.1) is 11.3 Å². The summed E-state index contributed by atoms with van der Waals surface area (Å²) in [4.78, 5) is 4.67. The van der Waals surface area contributed by atoms with Crippen LogP contribution in [0.3, 0.4) is 0 Å². The standard InChI is InChI=1S/C14H15N3S/c1-15-9-11-5-4-8-17(11)10-14-16-12-6-2-3-7-13(12)18-14/h2-8,15H,9-10H2,1H3. The summed E-state index contributed by atoms with van der Waals surface area (Å²) in [5.74, 6) is 0. The molecule has 4 heteroatoms. The van der Waals surface area contributed by atoms with Crippen LogP contribution in [0.5, 0.6) is 0 Å². The van der Waals surface area contributed by atoms with E-state index in [0.29, 0.717) is 0 Å². The van der Waals surface area contributed by atoms with Crippen molar-refractivity contribution in [2.75, 3.05) is 7.05 Å². The normalized spacial score (nSPS) is 11.2. The molecule has 0 unspecified atom stereocenters. The van der Waals surface area contributed by atoms with E-state index in [1.807, 2.05) is 13.1 Å². The highest BCUT2D eigenvalue weighted by Crippen LogP contribution is 2.22. The second-order valence-corrected chi connectivity index (χ2v) is 5.35. The summed E-state index contributed by atoms with van der Waals surface area (Å²) in [6.45, 7) is 1.74. The van der Waals surface area contributed by atoms with Crippen molar-refractivity contribution in [1.29, 1.82) is 0 Å². The Bertz CT molecular complexity index is 621. The van der Waals surface area contributed by atoms with E-state index in [1.54, 1.807) is 11.3 Å². The summed E-state index contributed by atoms with van der Waals surface area (Å²) in [5, 5.41) is 4.34. The van der Waals surface area contributed by atoms with Crippen molar-refractivity contribution >= 4 is 21.6 Å². The van der Waals surface area contributed by atoms with E-state index in [-0.39, 0.29) is 0 Å². The fourth-order valence-corrected chi connectivity index (χ4v) is 3.04. The van der Waals surface area contributed by atoms with Crippen LogP contribution in [0.4, 0.5) is 0 Å². The molecule has 0 aliphatic carbocycles. The molecule has 3 aromatic rings. The molecule has 2 aromatic heterocycles. The minimum absolute atomic E-state index is 0.851. The van der Waals surface area contributed by atoms with Gasteiger partial charge in [0.15, 0.2) is 0 Å². The quantitative estimate of drug-likeness (QED) is 0.779. The van der Waals surface area contributed by atoms with Crippen molar-refractivity contribution < 1.29 is 0 Å². The predicted octanol–water partition coefficient (Wildman–Crippen LogP) is 2.87. The zero-order chi connectivity index (χ0) is 12.4. The van der Waals surface area contributed by atoms with Crippen LogP contribution >= 0.6 is 11.3 Å². The van der Waals surface area contributed by atoms with Crippen LogP contribution in [-0.4, -0.2) is 16.6 Å². The second-order valence-electron chi connectivity index (χ2n) is 4.23. The molecule has 3 rings (SSSR count). The fraction of sp³-hybridized carbons (Fsp3) is 0.214.